The van der Waals surface area contributed by atoms with E-state index >= 15 is 0 Å². The summed E-state index contributed by atoms with van der Waals surface area (Å²) in [4.78, 5) is 29.8. The van der Waals surface area contributed by atoms with Gasteiger partial charge in [-0.3, -0.25) is 0 Å². The number of rotatable bonds is 6. The Balaban J connectivity index is 1.25. The third kappa shape index (κ3) is 6.29. The number of hydrogen-bond donors (Lipinski definition) is 1. The molecular weight excluding hydrogens is 480 g/mol. The number of fused-ring (bicyclic) bond motifs is 1. The zero-order valence-electron chi connectivity index (χ0n) is 21.9. The van der Waals surface area contributed by atoms with E-state index in [1.807, 2.05) is 81.4 Å². The maximum absolute atomic E-state index is 12.4. The van der Waals surface area contributed by atoms with E-state index in [0.717, 1.165) is 33.7 Å². The van der Waals surface area contributed by atoms with Gasteiger partial charge in [0.1, 0.15) is 35.9 Å². The Kier molecular flexibility index (Phi) is 7.26. The first-order valence-corrected chi connectivity index (χ1v) is 12.7. The molecule has 38 heavy (non-hydrogen) atoms. The van der Waals surface area contributed by atoms with Crippen LogP contribution >= 0.6 is 0 Å². The Bertz CT molecular complexity index is 1380. The van der Waals surface area contributed by atoms with Gasteiger partial charge >= 0.3 is 6.09 Å². The standard InChI is InChI=1S/C29H32N6O3/c1-29(2,3)38-28(36)35-15-13-34(14-16-35)26-17-24-25(18-30-26)31-20-32-27(24)33-22-9-11-23(12-10-22)37-19-21-7-5-4-6-8-21/h4-12,17-18,20H,13-16,19H2,1-3H3,(H,31,32,33). The summed E-state index contributed by atoms with van der Waals surface area (Å²) in [6.07, 6.45) is 3.02. The van der Waals surface area contributed by atoms with E-state index in [2.05, 4.69) is 25.2 Å². The van der Waals surface area contributed by atoms with Crippen molar-refractivity contribution in [1.82, 2.24) is 19.9 Å². The van der Waals surface area contributed by atoms with E-state index in [1.165, 1.54) is 6.33 Å². The Morgan fingerprint density at radius 2 is 1.68 bits per heavy atom. The summed E-state index contributed by atoms with van der Waals surface area (Å²) in [5.41, 5.74) is 2.26. The van der Waals surface area contributed by atoms with Crippen molar-refractivity contribution in [3.05, 3.63) is 78.8 Å². The molecule has 0 radical (unpaired) electrons. The van der Waals surface area contributed by atoms with Crippen molar-refractivity contribution in [2.45, 2.75) is 33.0 Å². The lowest BCUT2D eigenvalue weighted by Crippen LogP contribution is -2.50. The number of amides is 1. The quantitative estimate of drug-likeness (QED) is 0.367. The largest absolute Gasteiger partial charge is 0.489 e. The number of nitrogens with one attached hydrogen (secondary N) is 1. The zero-order valence-corrected chi connectivity index (χ0v) is 21.9. The molecule has 0 spiro atoms. The number of benzene rings is 2. The smallest absolute Gasteiger partial charge is 0.410 e. The number of anilines is 3. The molecule has 1 fully saturated rings. The van der Waals surface area contributed by atoms with Crippen LogP contribution in [-0.2, 0) is 11.3 Å². The summed E-state index contributed by atoms with van der Waals surface area (Å²) in [6, 6.07) is 19.9. The minimum absolute atomic E-state index is 0.278. The summed E-state index contributed by atoms with van der Waals surface area (Å²) in [5, 5.41) is 4.27. The monoisotopic (exact) mass is 512 g/mol. The van der Waals surface area contributed by atoms with Gasteiger partial charge in [0.25, 0.3) is 0 Å². The molecule has 5 rings (SSSR count). The normalized spacial score (nSPS) is 13.9. The third-order valence-electron chi connectivity index (χ3n) is 6.13. The van der Waals surface area contributed by atoms with E-state index < -0.39 is 5.60 Å². The van der Waals surface area contributed by atoms with Gasteiger partial charge in [-0.15, -0.1) is 0 Å². The van der Waals surface area contributed by atoms with Crippen molar-refractivity contribution in [3.8, 4) is 5.75 Å². The maximum Gasteiger partial charge on any atom is 0.410 e. The van der Waals surface area contributed by atoms with E-state index in [0.29, 0.717) is 38.6 Å². The lowest BCUT2D eigenvalue weighted by Gasteiger charge is -2.36. The van der Waals surface area contributed by atoms with Gasteiger partial charge in [-0.05, 0) is 56.7 Å². The van der Waals surface area contributed by atoms with Crippen LogP contribution in [0.2, 0.25) is 0 Å². The predicted molar refractivity (Wildman–Crippen MR) is 148 cm³/mol. The molecule has 0 saturated carbocycles. The fourth-order valence-electron chi connectivity index (χ4n) is 4.18. The molecule has 1 amide bonds. The van der Waals surface area contributed by atoms with Gasteiger partial charge in [0.15, 0.2) is 0 Å². The van der Waals surface area contributed by atoms with Crippen LogP contribution in [0.4, 0.5) is 22.1 Å². The van der Waals surface area contributed by atoms with E-state index in [-0.39, 0.29) is 6.09 Å². The van der Waals surface area contributed by atoms with Crippen LogP contribution < -0.4 is 15.0 Å². The minimum atomic E-state index is -0.507. The van der Waals surface area contributed by atoms with Crippen LogP contribution in [0.5, 0.6) is 5.75 Å². The fourth-order valence-corrected chi connectivity index (χ4v) is 4.18. The molecule has 0 atom stereocenters. The van der Waals surface area contributed by atoms with Gasteiger partial charge in [0.2, 0.25) is 0 Å². The van der Waals surface area contributed by atoms with Crippen molar-refractivity contribution in [1.29, 1.82) is 0 Å². The van der Waals surface area contributed by atoms with E-state index in [9.17, 15) is 4.79 Å². The van der Waals surface area contributed by atoms with Crippen molar-refractivity contribution in [3.63, 3.8) is 0 Å². The molecule has 1 saturated heterocycles. The summed E-state index contributed by atoms with van der Waals surface area (Å²) in [7, 11) is 0. The number of carbonyl (C=O) groups excluding carboxylic acids is 1. The van der Waals surface area contributed by atoms with Gasteiger partial charge in [-0.25, -0.2) is 19.7 Å². The fraction of sp³-hybridized carbons (Fsp3) is 0.310. The molecule has 1 aliphatic heterocycles. The van der Waals surface area contributed by atoms with Gasteiger partial charge in [-0.1, -0.05) is 30.3 Å². The van der Waals surface area contributed by atoms with Crippen LogP contribution in [-0.4, -0.2) is 57.7 Å². The van der Waals surface area contributed by atoms with Crippen molar-refractivity contribution in [2.24, 2.45) is 0 Å². The van der Waals surface area contributed by atoms with E-state index in [4.69, 9.17) is 9.47 Å². The molecule has 1 N–H and O–H groups in total. The lowest BCUT2D eigenvalue weighted by atomic mass is 10.2. The number of ether oxygens (including phenoxy) is 2. The molecular formula is C29H32N6O3. The Labute approximate surface area is 222 Å². The van der Waals surface area contributed by atoms with E-state index in [1.54, 1.807) is 11.1 Å². The molecule has 9 nitrogen and oxygen atoms in total. The van der Waals surface area contributed by atoms with Crippen LogP contribution in [0.25, 0.3) is 10.9 Å². The zero-order chi connectivity index (χ0) is 26.5. The van der Waals surface area contributed by atoms with Crippen LogP contribution in [0.15, 0.2) is 73.2 Å². The summed E-state index contributed by atoms with van der Waals surface area (Å²) in [5.74, 6) is 2.32. The molecule has 3 heterocycles. The molecule has 0 unspecified atom stereocenters. The molecule has 0 aliphatic carbocycles. The first kappa shape index (κ1) is 25.3. The maximum atomic E-state index is 12.4. The number of carbonyl (C=O) groups is 1. The second-order valence-corrected chi connectivity index (χ2v) is 10.2. The number of piperazine rings is 1. The van der Waals surface area contributed by atoms with Crippen LogP contribution in [0.1, 0.15) is 26.3 Å². The second kappa shape index (κ2) is 10.9. The summed E-state index contributed by atoms with van der Waals surface area (Å²) >= 11 is 0. The number of hydrogen-bond acceptors (Lipinski definition) is 8. The molecule has 0 bridgehead atoms. The van der Waals surface area contributed by atoms with Gasteiger partial charge in [-0.2, -0.15) is 0 Å². The lowest BCUT2D eigenvalue weighted by molar-refractivity contribution is 0.0240. The summed E-state index contributed by atoms with van der Waals surface area (Å²) in [6.45, 7) is 8.63. The number of aromatic nitrogens is 3. The first-order valence-electron chi connectivity index (χ1n) is 12.7. The van der Waals surface area contributed by atoms with Crippen molar-refractivity contribution in [2.75, 3.05) is 36.4 Å². The SMILES string of the molecule is CC(C)(C)OC(=O)N1CCN(c2cc3c(Nc4ccc(OCc5ccccc5)cc4)ncnc3cn2)CC1. The van der Waals surface area contributed by atoms with Crippen molar-refractivity contribution >= 4 is 34.3 Å². The molecule has 196 valence electrons. The van der Waals surface area contributed by atoms with Gasteiger partial charge < -0.3 is 24.6 Å². The second-order valence-electron chi connectivity index (χ2n) is 10.2. The highest BCUT2D eigenvalue weighted by atomic mass is 16.6. The molecule has 9 heteroatoms. The highest BCUT2D eigenvalue weighted by Crippen LogP contribution is 2.27. The average molecular weight is 513 g/mol. The van der Waals surface area contributed by atoms with Crippen molar-refractivity contribution < 1.29 is 14.3 Å². The Hall–Kier alpha value is -4.40. The molecule has 1 aliphatic rings. The minimum Gasteiger partial charge on any atom is -0.489 e. The third-order valence-corrected chi connectivity index (χ3v) is 6.13. The Morgan fingerprint density at radius 3 is 2.39 bits per heavy atom. The molecule has 2 aromatic heterocycles. The first-order chi connectivity index (χ1) is 18.3. The highest BCUT2D eigenvalue weighted by Gasteiger charge is 2.26. The average Bonchev–Trinajstić information content (AvgIpc) is 2.92. The topological polar surface area (TPSA) is 92.7 Å². The molecule has 2 aromatic carbocycles. The van der Waals surface area contributed by atoms with Crippen LogP contribution in [0.3, 0.4) is 0 Å². The number of pyridine rings is 1. The molecule has 4 aromatic rings. The predicted octanol–water partition coefficient (Wildman–Crippen LogP) is 5.40. The highest BCUT2D eigenvalue weighted by molar-refractivity contribution is 5.91. The van der Waals surface area contributed by atoms with Crippen LogP contribution in [0, 0.1) is 0 Å². The number of nitrogens with zero attached hydrogens (tertiary/aromatic N) is 5. The van der Waals surface area contributed by atoms with Gasteiger partial charge in [0.05, 0.1) is 11.7 Å². The van der Waals surface area contributed by atoms with Gasteiger partial charge in [0, 0.05) is 37.3 Å². The Morgan fingerprint density at radius 1 is 0.947 bits per heavy atom. The summed E-state index contributed by atoms with van der Waals surface area (Å²) < 4.78 is 11.4.